The third-order valence-corrected chi connectivity index (χ3v) is 2.28. The number of hydrogen-bond acceptors (Lipinski definition) is 3. The van der Waals surface area contributed by atoms with Crippen LogP contribution < -0.4 is 5.56 Å². The first-order valence-electron chi connectivity index (χ1n) is 5.22. The van der Waals surface area contributed by atoms with Gasteiger partial charge in [-0.2, -0.15) is 0 Å². The Hall–Kier alpha value is -2.69. The molecule has 0 saturated heterocycles. The number of pyridine rings is 2. The Morgan fingerprint density at radius 3 is 2.67 bits per heavy atom. The molecule has 2 aromatic heterocycles. The van der Waals surface area contributed by atoms with Gasteiger partial charge in [0.2, 0.25) is 0 Å². The lowest BCUT2D eigenvalue weighted by molar-refractivity contribution is 0.0695. The number of aromatic nitrogens is 2. The molecule has 0 bridgehead atoms. The Bertz CT molecular complexity index is 645. The topological polar surface area (TPSA) is 83.0 Å². The summed E-state index contributed by atoms with van der Waals surface area (Å²) in [5, 5.41) is 8.72. The Morgan fingerprint density at radius 1 is 1.22 bits per heavy atom. The van der Waals surface area contributed by atoms with Crippen LogP contribution in [0.5, 0.6) is 0 Å². The maximum atomic E-state index is 11.4. The van der Waals surface area contributed by atoms with Gasteiger partial charge < -0.3 is 10.1 Å². The predicted octanol–water partition coefficient (Wildman–Crippen LogP) is 1.64. The molecule has 2 aromatic rings. The van der Waals surface area contributed by atoms with E-state index in [1.54, 1.807) is 24.4 Å². The fourth-order valence-electron chi connectivity index (χ4n) is 1.40. The van der Waals surface area contributed by atoms with E-state index < -0.39 is 11.5 Å². The minimum Gasteiger partial charge on any atom is -0.477 e. The fraction of sp³-hybridized carbons (Fsp3) is 0. The van der Waals surface area contributed by atoms with Crippen molar-refractivity contribution in [2.45, 2.75) is 0 Å². The molecule has 0 amide bonds. The van der Waals surface area contributed by atoms with Gasteiger partial charge in [0.25, 0.3) is 5.56 Å². The molecule has 2 N–H and O–H groups in total. The third-order valence-electron chi connectivity index (χ3n) is 2.28. The molecule has 0 aliphatic carbocycles. The number of carboxylic acid groups (broad SMARTS) is 1. The number of carboxylic acids is 1. The van der Waals surface area contributed by atoms with Gasteiger partial charge >= 0.3 is 5.97 Å². The molecule has 0 aromatic carbocycles. The van der Waals surface area contributed by atoms with E-state index in [1.807, 2.05) is 12.1 Å². The van der Waals surface area contributed by atoms with Crippen molar-refractivity contribution in [3.8, 4) is 0 Å². The van der Waals surface area contributed by atoms with Crippen molar-refractivity contribution in [2.75, 3.05) is 0 Å². The smallest absolute Gasteiger partial charge is 0.341 e. The Labute approximate surface area is 102 Å². The summed E-state index contributed by atoms with van der Waals surface area (Å²) in [6.45, 7) is 0. The van der Waals surface area contributed by atoms with Crippen LogP contribution in [0.1, 0.15) is 21.7 Å². The van der Waals surface area contributed by atoms with Crippen molar-refractivity contribution in [3.05, 3.63) is 63.8 Å². The molecule has 0 aliphatic heterocycles. The minimum absolute atomic E-state index is 0.273. The molecule has 2 heterocycles. The second-order valence-corrected chi connectivity index (χ2v) is 3.55. The van der Waals surface area contributed by atoms with Gasteiger partial charge in [0.1, 0.15) is 5.56 Å². The number of rotatable bonds is 3. The maximum Gasteiger partial charge on any atom is 0.341 e. The van der Waals surface area contributed by atoms with Crippen molar-refractivity contribution >= 4 is 18.1 Å². The molecule has 18 heavy (non-hydrogen) atoms. The lowest BCUT2D eigenvalue weighted by Gasteiger charge is -1.96. The molecule has 0 unspecified atom stereocenters. The number of carbonyl (C=O) groups is 1. The Morgan fingerprint density at radius 2 is 2.06 bits per heavy atom. The van der Waals surface area contributed by atoms with Crippen LogP contribution in [-0.2, 0) is 0 Å². The van der Waals surface area contributed by atoms with Gasteiger partial charge in [0, 0.05) is 11.9 Å². The van der Waals surface area contributed by atoms with E-state index in [-0.39, 0.29) is 5.56 Å². The highest BCUT2D eigenvalue weighted by atomic mass is 16.4. The lowest BCUT2D eigenvalue weighted by Crippen LogP contribution is -2.17. The summed E-state index contributed by atoms with van der Waals surface area (Å²) in [6, 6.07) is 8.29. The molecular weight excluding hydrogens is 232 g/mol. The first-order chi connectivity index (χ1) is 8.66. The van der Waals surface area contributed by atoms with Gasteiger partial charge in [-0.05, 0) is 36.4 Å². The summed E-state index contributed by atoms with van der Waals surface area (Å²) in [5.41, 5.74) is 0.381. The second kappa shape index (κ2) is 5.09. The molecule has 90 valence electrons. The molecule has 0 atom stereocenters. The monoisotopic (exact) mass is 242 g/mol. The number of nitrogens with zero attached hydrogens (tertiary/aromatic N) is 1. The normalized spacial score (nSPS) is 10.7. The Kier molecular flexibility index (Phi) is 3.33. The SMILES string of the molecule is O=C(O)c1ccc(/C=C/c2ccccn2)[nH]c1=O. The first-order valence-corrected chi connectivity index (χ1v) is 5.22. The average Bonchev–Trinajstić information content (AvgIpc) is 2.37. The molecule has 5 nitrogen and oxygen atoms in total. The van der Waals surface area contributed by atoms with Crippen LogP contribution in [0.3, 0.4) is 0 Å². The highest BCUT2D eigenvalue weighted by Crippen LogP contribution is 2.03. The van der Waals surface area contributed by atoms with Crippen molar-refractivity contribution < 1.29 is 9.90 Å². The van der Waals surface area contributed by atoms with Crippen LogP contribution in [0.15, 0.2) is 41.3 Å². The summed E-state index contributed by atoms with van der Waals surface area (Å²) in [7, 11) is 0. The van der Waals surface area contributed by atoms with Gasteiger partial charge in [-0.15, -0.1) is 0 Å². The first kappa shape index (κ1) is 11.8. The van der Waals surface area contributed by atoms with Crippen molar-refractivity contribution in [1.82, 2.24) is 9.97 Å². The van der Waals surface area contributed by atoms with Gasteiger partial charge in [-0.25, -0.2) is 4.79 Å². The molecule has 0 radical (unpaired) electrons. The zero-order valence-corrected chi connectivity index (χ0v) is 9.33. The van der Waals surface area contributed by atoms with Crippen LogP contribution in [0, 0.1) is 0 Å². The van der Waals surface area contributed by atoms with E-state index in [9.17, 15) is 9.59 Å². The number of nitrogens with one attached hydrogen (secondary N) is 1. The molecular formula is C13H10N2O3. The van der Waals surface area contributed by atoms with Gasteiger partial charge in [-0.3, -0.25) is 9.78 Å². The van der Waals surface area contributed by atoms with Crippen LogP contribution in [0.4, 0.5) is 0 Å². The van der Waals surface area contributed by atoms with E-state index in [0.29, 0.717) is 5.69 Å². The van der Waals surface area contributed by atoms with Crippen molar-refractivity contribution in [2.24, 2.45) is 0 Å². The number of aromatic carboxylic acids is 1. The van der Waals surface area contributed by atoms with E-state index in [4.69, 9.17) is 5.11 Å². The fourth-order valence-corrected chi connectivity index (χ4v) is 1.40. The number of aromatic amines is 1. The van der Waals surface area contributed by atoms with Crippen LogP contribution in [-0.4, -0.2) is 21.0 Å². The highest BCUT2D eigenvalue weighted by molar-refractivity contribution is 5.87. The summed E-state index contributed by atoms with van der Waals surface area (Å²) < 4.78 is 0. The van der Waals surface area contributed by atoms with Crippen LogP contribution in [0.2, 0.25) is 0 Å². The molecule has 0 spiro atoms. The van der Waals surface area contributed by atoms with E-state index in [0.717, 1.165) is 5.69 Å². The molecule has 0 fully saturated rings. The van der Waals surface area contributed by atoms with E-state index in [2.05, 4.69) is 9.97 Å². The number of hydrogen-bond donors (Lipinski definition) is 2. The van der Waals surface area contributed by atoms with Crippen molar-refractivity contribution in [3.63, 3.8) is 0 Å². The van der Waals surface area contributed by atoms with E-state index >= 15 is 0 Å². The Balaban J connectivity index is 2.26. The largest absolute Gasteiger partial charge is 0.477 e. The predicted molar refractivity (Wildman–Crippen MR) is 67.2 cm³/mol. The summed E-state index contributed by atoms with van der Waals surface area (Å²) in [6.07, 6.45) is 5.05. The third kappa shape index (κ3) is 2.70. The summed E-state index contributed by atoms with van der Waals surface area (Å²) in [4.78, 5) is 28.6. The van der Waals surface area contributed by atoms with Crippen molar-refractivity contribution in [1.29, 1.82) is 0 Å². The van der Waals surface area contributed by atoms with Gasteiger partial charge in [0.05, 0.1) is 5.69 Å². The zero-order valence-electron chi connectivity index (χ0n) is 9.33. The zero-order chi connectivity index (χ0) is 13.0. The van der Waals surface area contributed by atoms with Crippen LogP contribution in [0.25, 0.3) is 12.2 Å². The second-order valence-electron chi connectivity index (χ2n) is 3.55. The van der Waals surface area contributed by atoms with Crippen LogP contribution >= 0.6 is 0 Å². The van der Waals surface area contributed by atoms with Gasteiger partial charge in [0.15, 0.2) is 0 Å². The molecule has 2 rings (SSSR count). The minimum atomic E-state index is -1.24. The molecule has 0 saturated carbocycles. The van der Waals surface area contributed by atoms with Gasteiger partial charge in [-0.1, -0.05) is 6.07 Å². The lowest BCUT2D eigenvalue weighted by atomic mass is 10.2. The summed E-state index contributed by atoms with van der Waals surface area (Å²) >= 11 is 0. The molecule has 5 heteroatoms. The number of H-pyrrole nitrogens is 1. The quantitative estimate of drug-likeness (QED) is 0.857. The van der Waals surface area contributed by atoms with E-state index in [1.165, 1.54) is 12.1 Å². The maximum absolute atomic E-state index is 11.4. The highest BCUT2D eigenvalue weighted by Gasteiger charge is 2.07. The average molecular weight is 242 g/mol. The summed E-state index contributed by atoms with van der Waals surface area (Å²) in [5.74, 6) is -1.24. The standard InChI is InChI=1S/C13H10N2O3/c16-12-11(13(17)18)7-6-10(15-12)5-4-9-3-1-2-8-14-9/h1-8H,(H,15,16)(H,17,18)/b5-4+. The molecule has 0 aliphatic rings.